The molecule has 0 atom stereocenters. The van der Waals surface area contributed by atoms with Crippen molar-refractivity contribution in [1.82, 2.24) is 14.3 Å². The van der Waals surface area contributed by atoms with Crippen molar-refractivity contribution in [3.8, 4) is 11.5 Å². The van der Waals surface area contributed by atoms with Gasteiger partial charge in [0.25, 0.3) is 0 Å². The highest BCUT2D eigenvalue weighted by Gasteiger charge is 2.26. The van der Waals surface area contributed by atoms with Gasteiger partial charge in [-0.2, -0.15) is 0 Å². The monoisotopic (exact) mass is 371 g/mol. The summed E-state index contributed by atoms with van der Waals surface area (Å²) in [5.74, 6) is 1.11. The SMILES string of the molecule is COc1cc2ncnc(Cl)c2cc1OC1CCN(S(C)(=O)=O)CC1. The fraction of sp³-hybridized carbons (Fsp3) is 0.467. The van der Waals surface area contributed by atoms with E-state index in [0.717, 1.165) is 0 Å². The highest BCUT2D eigenvalue weighted by Crippen LogP contribution is 2.35. The van der Waals surface area contributed by atoms with Gasteiger partial charge in [-0.15, -0.1) is 0 Å². The van der Waals surface area contributed by atoms with Crippen molar-refractivity contribution < 1.29 is 17.9 Å². The minimum absolute atomic E-state index is 0.0854. The van der Waals surface area contributed by atoms with Crippen LogP contribution in [0.15, 0.2) is 18.5 Å². The van der Waals surface area contributed by atoms with Crippen molar-refractivity contribution in [1.29, 1.82) is 0 Å². The van der Waals surface area contributed by atoms with Gasteiger partial charge in [0.05, 0.1) is 18.9 Å². The van der Waals surface area contributed by atoms with E-state index in [1.807, 2.05) is 0 Å². The average molecular weight is 372 g/mol. The van der Waals surface area contributed by atoms with Crippen LogP contribution < -0.4 is 9.47 Å². The van der Waals surface area contributed by atoms with Gasteiger partial charge < -0.3 is 9.47 Å². The summed E-state index contributed by atoms with van der Waals surface area (Å²) in [6.07, 6.45) is 3.77. The number of rotatable bonds is 4. The Labute approximate surface area is 145 Å². The topological polar surface area (TPSA) is 81.6 Å². The Hall–Kier alpha value is -1.64. The molecule has 1 fully saturated rings. The second-order valence-electron chi connectivity index (χ2n) is 5.66. The second-order valence-corrected chi connectivity index (χ2v) is 8.00. The minimum Gasteiger partial charge on any atom is -0.493 e. The van der Waals surface area contributed by atoms with Crippen LogP contribution in [-0.2, 0) is 10.0 Å². The van der Waals surface area contributed by atoms with Crippen molar-refractivity contribution in [3.05, 3.63) is 23.6 Å². The van der Waals surface area contributed by atoms with Gasteiger partial charge in [-0.1, -0.05) is 11.6 Å². The number of benzene rings is 1. The first-order valence-corrected chi connectivity index (χ1v) is 9.71. The van der Waals surface area contributed by atoms with E-state index < -0.39 is 10.0 Å². The first-order valence-electron chi connectivity index (χ1n) is 7.48. The fourth-order valence-corrected chi connectivity index (χ4v) is 3.81. The summed E-state index contributed by atoms with van der Waals surface area (Å²) in [6, 6.07) is 3.52. The zero-order valence-electron chi connectivity index (χ0n) is 13.4. The number of halogens is 1. The van der Waals surface area contributed by atoms with Crippen LogP contribution in [0.1, 0.15) is 12.8 Å². The van der Waals surface area contributed by atoms with Crippen LogP contribution in [0, 0.1) is 0 Å². The van der Waals surface area contributed by atoms with Gasteiger partial charge in [0.15, 0.2) is 11.5 Å². The van der Waals surface area contributed by atoms with E-state index in [1.54, 1.807) is 19.2 Å². The molecule has 1 aromatic carbocycles. The lowest BCUT2D eigenvalue weighted by Gasteiger charge is -2.30. The van der Waals surface area contributed by atoms with E-state index >= 15 is 0 Å². The Morgan fingerprint density at radius 3 is 2.54 bits per heavy atom. The lowest BCUT2D eigenvalue weighted by Crippen LogP contribution is -2.41. The molecule has 0 spiro atoms. The Kier molecular flexibility index (Phi) is 4.80. The third-order valence-electron chi connectivity index (χ3n) is 4.04. The third-order valence-corrected chi connectivity index (χ3v) is 5.64. The highest BCUT2D eigenvalue weighted by molar-refractivity contribution is 7.88. The predicted octanol–water partition coefficient (Wildman–Crippen LogP) is 2.09. The van der Waals surface area contributed by atoms with Crippen LogP contribution in [0.3, 0.4) is 0 Å². The molecule has 1 saturated heterocycles. The Morgan fingerprint density at radius 2 is 1.92 bits per heavy atom. The minimum atomic E-state index is -3.15. The quantitative estimate of drug-likeness (QED) is 0.765. The highest BCUT2D eigenvalue weighted by atomic mass is 35.5. The maximum Gasteiger partial charge on any atom is 0.211 e. The molecule has 9 heteroatoms. The molecule has 3 rings (SSSR count). The number of hydrogen-bond acceptors (Lipinski definition) is 6. The van der Waals surface area contributed by atoms with Gasteiger partial charge in [-0.05, 0) is 18.9 Å². The molecule has 0 saturated carbocycles. The number of aromatic nitrogens is 2. The molecule has 7 nitrogen and oxygen atoms in total. The predicted molar refractivity (Wildman–Crippen MR) is 91.2 cm³/mol. The summed E-state index contributed by atoms with van der Waals surface area (Å²) in [5, 5.41) is 1.03. The lowest BCUT2D eigenvalue weighted by molar-refractivity contribution is 0.131. The molecule has 1 aliphatic rings. The summed E-state index contributed by atoms with van der Waals surface area (Å²) in [7, 11) is -1.59. The summed E-state index contributed by atoms with van der Waals surface area (Å²) < 4.78 is 36.0. The molecule has 0 unspecified atom stereocenters. The second kappa shape index (κ2) is 6.70. The maximum atomic E-state index is 11.6. The van der Waals surface area contributed by atoms with Crippen molar-refractivity contribution >= 4 is 32.5 Å². The van der Waals surface area contributed by atoms with Gasteiger partial charge in [0, 0.05) is 24.5 Å². The Balaban J connectivity index is 1.81. The van der Waals surface area contributed by atoms with Gasteiger partial charge in [0.1, 0.15) is 17.6 Å². The molecule has 2 heterocycles. The van der Waals surface area contributed by atoms with Gasteiger partial charge in [-0.25, -0.2) is 22.7 Å². The van der Waals surface area contributed by atoms with Crippen molar-refractivity contribution in [3.63, 3.8) is 0 Å². The van der Waals surface area contributed by atoms with E-state index in [-0.39, 0.29) is 6.10 Å². The number of sulfonamides is 1. The lowest BCUT2D eigenvalue weighted by atomic mass is 10.1. The van der Waals surface area contributed by atoms with E-state index in [0.29, 0.717) is 53.5 Å². The van der Waals surface area contributed by atoms with Crippen molar-refractivity contribution in [2.75, 3.05) is 26.5 Å². The number of methoxy groups -OCH3 is 1. The van der Waals surface area contributed by atoms with Gasteiger partial charge >= 0.3 is 0 Å². The van der Waals surface area contributed by atoms with E-state index in [4.69, 9.17) is 21.1 Å². The van der Waals surface area contributed by atoms with Crippen LogP contribution in [0.2, 0.25) is 5.15 Å². The molecule has 2 aromatic rings. The standard InChI is InChI=1S/C15H18ClN3O4S/c1-22-13-8-12-11(15(16)18-9-17-12)7-14(13)23-10-3-5-19(6-4-10)24(2,20)21/h7-10H,3-6H2,1-2H3. The van der Waals surface area contributed by atoms with Crippen molar-refractivity contribution in [2.24, 2.45) is 0 Å². The summed E-state index contributed by atoms with van der Waals surface area (Å²) >= 11 is 6.12. The third kappa shape index (κ3) is 3.55. The van der Waals surface area contributed by atoms with Crippen LogP contribution in [0.25, 0.3) is 10.9 Å². The van der Waals surface area contributed by atoms with E-state index in [1.165, 1.54) is 16.9 Å². The van der Waals surface area contributed by atoms with Gasteiger partial charge in [-0.3, -0.25) is 0 Å². The molecule has 130 valence electrons. The van der Waals surface area contributed by atoms with Crippen LogP contribution in [-0.4, -0.2) is 55.3 Å². The average Bonchev–Trinajstić information content (AvgIpc) is 2.55. The largest absolute Gasteiger partial charge is 0.493 e. The zero-order valence-corrected chi connectivity index (χ0v) is 15.0. The molecule has 1 aliphatic heterocycles. The number of hydrogen-bond donors (Lipinski definition) is 0. The molecular weight excluding hydrogens is 354 g/mol. The van der Waals surface area contributed by atoms with Crippen LogP contribution in [0.5, 0.6) is 11.5 Å². The normalized spacial score (nSPS) is 17.1. The molecule has 0 bridgehead atoms. The molecule has 0 amide bonds. The first-order chi connectivity index (χ1) is 11.4. The van der Waals surface area contributed by atoms with Crippen molar-refractivity contribution in [2.45, 2.75) is 18.9 Å². The first kappa shape index (κ1) is 17.2. The number of ether oxygens (including phenoxy) is 2. The smallest absolute Gasteiger partial charge is 0.211 e. The number of fused-ring (bicyclic) bond motifs is 1. The number of piperidine rings is 1. The molecule has 0 aliphatic carbocycles. The van der Waals surface area contributed by atoms with E-state index in [2.05, 4.69) is 9.97 Å². The molecule has 1 aromatic heterocycles. The van der Waals surface area contributed by atoms with Gasteiger partial charge in [0.2, 0.25) is 10.0 Å². The van der Waals surface area contributed by atoms with E-state index in [9.17, 15) is 8.42 Å². The molecule has 0 radical (unpaired) electrons. The zero-order chi connectivity index (χ0) is 17.3. The Bertz CT molecular complexity index is 851. The summed E-state index contributed by atoms with van der Waals surface area (Å²) in [5.41, 5.74) is 0.672. The molecule has 24 heavy (non-hydrogen) atoms. The number of nitrogens with zero attached hydrogens (tertiary/aromatic N) is 3. The summed E-state index contributed by atoms with van der Waals surface area (Å²) in [4.78, 5) is 8.14. The Morgan fingerprint density at radius 1 is 1.21 bits per heavy atom. The fourth-order valence-electron chi connectivity index (χ4n) is 2.75. The molecular formula is C15H18ClN3O4S. The molecule has 0 N–H and O–H groups in total. The maximum absolute atomic E-state index is 11.6. The van der Waals surface area contributed by atoms with Crippen LogP contribution >= 0.6 is 11.6 Å². The van der Waals surface area contributed by atoms with Crippen LogP contribution in [0.4, 0.5) is 0 Å². The summed E-state index contributed by atoms with van der Waals surface area (Å²) in [6.45, 7) is 0.895.